The summed E-state index contributed by atoms with van der Waals surface area (Å²) in [6.45, 7) is 7.63. The van der Waals surface area contributed by atoms with E-state index in [2.05, 4.69) is 10.6 Å². The number of benzene rings is 3. The molecular weight excluding hydrogens is 554 g/mol. The average molecular weight is 586 g/mol. The predicted molar refractivity (Wildman–Crippen MR) is 157 cm³/mol. The fraction of sp³-hybridized carbons (Fsp3) is 0.250. The first-order chi connectivity index (χ1) is 20.3. The Kier molecular flexibility index (Phi) is 9.03. The molecule has 0 radical (unpaired) electrons. The number of fused-ring (bicyclic) bond motifs is 1. The molecule has 4 amide bonds. The summed E-state index contributed by atoms with van der Waals surface area (Å²) < 4.78 is 10.2. The van der Waals surface area contributed by atoms with Gasteiger partial charge in [-0.05, 0) is 76.1 Å². The Morgan fingerprint density at radius 2 is 1.21 bits per heavy atom. The maximum Gasteiger partial charge on any atom is 0.338 e. The fourth-order valence-electron chi connectivity index (χ4n) is 4.60. The fourth-order valence-corrected chi connectivity index (χ4v) is 4.60. The lowest BCUT2D eigenvalue weighted by atomic mass is 10.1. The van der Waals surface area contributed by atoms with E-state index in [1.165, 1.54) is 25.1 Å². The van der Waals surface area contributed by atoms with Crippen LogP contribution in [0.25, 0.3) is 0 Å². The highest BCUT2D eigenvalue weighted by atomic mass is 16.5. The SMILES string of the molecule is Cc1ccc(NC(=O)COC(=O)c2ccc3c(c2)C(=O)N([C@H](C)C(=O)OCC(=O)Nc2ccc(C)cc2C)C3=O)c(C)c1. The lowest BCUT2D eigenvalue weighted by Crippen LogP contribution is -2.44. The number of aryl methyl sites for hydroxylation is 4. The van der Waals surface area contributed by atoms with Crippen LogP contribution in [0.15, 0.2) is 54.6 Å². The van der Waals surface area contributed by atoms with E-state index in [9.17, 15) is 28.8 Å². The number of nitrogens with one attached hydrogen (secondary N) is 2. The van der Waals surface area contributed by atoms with Gasteiger partial charge in [-0.3, -0.25) is 24.1 Å². The summed E-state index contributed by atoms with van der Waals surface area (Å²) in [5.41, 5.74) is 4.73. The summed E-state index contributed by atoms with van der Waals surface area (Å²) in [4.78, 5) is 76.7. The second-order valence-electron chi connectivity index (χ2n) is 10.3. The number of amides is 4. The first kappa shape index (κ1) is 30.6. The summed E-state index contributed by atoms with van der Waals surface area (Å²) >= 11 is 0. The molecule has 2 N–H and O–H groups in total. The van der Waals surface area contributed by atoms with E-state index in [0.717, 1.165) is 22.3 Å². The molecule has 1 aliphatic rings. The van der Waals surface area contributed by atoms with E-state index in [0.29, 0.717) is 16.3 Å². The molecule has 0 fully saturated rings. The first-order valence-electron chi connectivity index (χ1n) is 13.5. The lowest BCUT2D eigenvalue weighted by molar-refractivity contribution is -0.150. The van der Waals surface area contributed by atoms with Gasteiger partial charge in [0.25, 0.3) is 23.6 Å². The van der Waals surface area contributed by atoms with Gasteiger partial charge in [-0.15, -0.1) is 0 Å². The zero-order valence-electron chi connectivity index (χ0n) is 24.4. The molecule has 222 valence electrons. The van der Waals surface area contributed by atoms with E-state index >= 15 is 0 Å². The molecular formula is C32H31N3O8. The Labute approximate surface area is 248 Å². The van der Waals surface area contributed by atoms with Gasteiger partial charge in [0.1, 0.15) is 6.04 Å². The number of carbonyl (C=O) groups excluding carboxylic acids is 6. The van der Waals surface area contributed by atoms with Crippen molar-refractivity contribution in [2.75, 3.05) is 23.8 Å². The van der Waals surface area contributed by atoms with Gasteiger partial charge in [-0.2, -0.15) is 0 Å². The molecule has 0 saturated heterocycles. The van der Waals surface area contributed by atoms with Crippen molar-refractivity contribution in [3.8, 4) is 0 Å². The molecule has 4 rings (SSSR count). The number of carbonyl (C=O) groups is 6. The number of hydrogen-bond acceptors (Lipinski definition) is 8. The maximum absolute atomic E-state index is 13.1. The average Bonchev–Trinajstić information content (AvgIpc) is 3.21. The Bertz CT molecular complexity index is 1660. The van der Waals surface area contributed by atoms with E-state index < -0.39 is 54.8 Å². The lowest BCUT2D eigenvalue weighted by Gasteiger charge is -2.20. The van der Waals surface area contributed by atoms with Crippen LogP contribution in [-0.2, 0) is 23.9 Å². The normalized spacial score (nSPS) is 12.8. The second kappa shape index (κ2) is 12.7. The smallest absolute Gasteiger partial charge is 0.338 e. The monoisotopic (exact) mass is 585 g/mol. The number of imide groups is 1. The molecule has 0 saturated carbocycles. The van der Waals surface area contributed by atoms with E-state index in [-0.39, 0.29) is 16.7 Å². The summed E-state index contributed by atoms with van der Waals surface area (Å²) in [5, 5.41) is 5.32. The van der Waals surface area contributed by atoms with Crippen molar-refractivity contribution < 1.29 is 38.2 Å². The third-order valence-electron chi connectivity index (χ3n) is 6.87. The molecule has 11 heteroatoms. The largest absolute Gasteiger partial charge is 0.454 e. The predicted octanol–water partition coefficient (Wildman–Crippen LogP) is 3.88. The quantitative estimate of drug-likeness (QED) is 0.284. The van der Waals surface area contributed by atoms with E-state index in [1.807, 2.05) is 52.0 Å². The van der Waals surface area contributed by atoms with Crippen LogP contribution in [0.5, 0.6) is 0 Å². The highest BCUT2D eigenvalue weighted by molar-refractivity contribution is 6.23. The third kappa shape index (κ3) is 6.95. The Balaban J connectivity index is 1.34. The van der Waals surface area contributed by atoms with Crippen LogP contribution in [0.2, 0.25) is 0 Å². The zero-order valence-corrected chi connectivity index (χ0v) is 24.4. The first-order valence-corrected chi connectivity index (χ1v) is 13.5. The molecule has 0 spiro atoms. The van der Waals surface area contributed by atoms with Crippen LogP contribution in [0.3, 0.4) is 0 Å². The number of ether oxygens (including phenoxy) is 2. The Hall–Kier alpha value is -5.32. The van der Waals surface area contributed by atoms with Gasteiger partial charge in [-0.1, -0.05) is 35.4 Å². The molecule has 11 nitrogen and oxygen atoms in total. The second-order valence-corrected chi connectivity index (χ2v) is 10.3. The Morgan fingerprint density at radius 3 is 1.74 bits per heavy atom. The molecule has 3 aromatic rings. The molecule has 1 aliphatic heterocycles. The van der Waals surface area contributed by atoms with Crippen LogP contribution in [0.4, 0.5) is 11.4 Å². The van der Waals surface area contributed by atoms with Crippen LogP contribution in [0.1, 0.15) is 60.3 Å². The molecule has 3 aromatic carbocycles. The van der Waals surface area contributed by atoms with Crippen molar-refractivity contribution >= 4 is 46.9 Å². The van der Waals surface area contributed by atoms with Gasteiger partial charge in [0.05, 0.1) is 16.7 Å². The number of nitrogens with zero attached hydrogens (tertiary/aromatic N) is 1. The summed E-state index contributed by atoms with van der Waals surface area (Å²) in [6, 6.07) is 13.3. The third-order valence-corrected chi connectivity index (χ3v) is 6.87. The van der Waals surface area contributed by atoms with Crippen LogP contribution < -0.4 is 10.6 Å². The van der Waals surface area contributed by atoms with E-state index in [4.69, 9.17) is 9.47 Å². The van der Waals surface area contributed by atoms with Gasteiger partial charge in [0.2, 0.25) is 0 Å². The highest BCUT2D eigenvalue weighted by Crippen LogP contribution is 2.27. The minimum absolute atomic E-state index is 0.0126. The van der Waals surface area contributed by atoms with Gasteiger partial charge in [0.15, 0.2) is 13.2 Å². The van der Waals surface area contributed by atoms with Crippen LogP contribution in [0, 0.1) is 27.7 Å². The molecule has 1 heterocycles. The van der Waals surface area contributed by atoms with Crippen LogP contribution >= 0.6 is 0 Å². The van der Waals surface area contributed by atoms with Gasteiger partial charge >= 0.3 is 11.9 Å². The topological polar surface area (TPSA) is 148 Å². The van der Waals surface area contributed by atoms with Crippen molar-refractivity contribution in [3.63, 3.8) is 0 Å². The van der Waals surface area contributed by atoms with Crippen molar-refractivity contribution in [3.05, 3.63) is 93.5 Å². The van der Waals surface area contributed by atoms with Gasteiger partial charge in [0, 0.05) is 11.4 Å². The highest BCUT2D eigenvalue weighted by Gasteiger charge is 2.42. The van der Waals surface area contributed by atoms with Gasteiger partial charge < -0.3 is 20.1 Å². The van der Waals surface area contributed by atoms with Crippen molar-refractivity contribution in [2.24, 2.45) is 0 Å². The van der Waals surface area contributed by atoms with Crippen molar-refractivity contribution in [1.82, 2.24) is 4.90 Å². The molecule has 0 aromatic heterocycles. The molecule has 0 unspecified atom stereocenters. The number of rotatable bonds is 9. The number of esters is 2. The molecule has 1 atom stereocenters. The van der Waals surface area contributed by atoms with E-state index in [1.54, 1.807) is 12.1 Å². The summed E-state index contributed by atoms with van der Waals surface area (Å²) in [7, 11) is 0. The minimum Gasteiger partial charge on any atom is -0.454 e. The maximum atomic E-state index is 13.1. The van der Waals surface area contributed by atoms with Gasteiger partial charge in [-0.25, -0.2) is 9.59 Å². The summed E-state index contributed by atoms with van der Waals surface area (Å²) in [6.07, 6.45) is 0. The summed E-state index contributed by atoms with van der Waals surface area (Å²) in [5.74, 6) is -4.53. The van der Waals surface area contributed by atoms with Crippen LogP contribution in [-0.4, -0.2) is 59.7 Å². The zero-order chi connectivity index (χ0) is 31.4. The van der Waals surface area contributed by atoms with Crippen molar-refractivity contribution in [1.29, 1.82) is 0 Å². The molecule has 0 bridgehead atoms. The molecule has 43 heavy (non-hydrogen) atoms. The standard InChI is InChI=1S/C32H31N3O8/c1-17-6-10-25(19(3)12-17)33-27(36)15-42-31(40)21(5)35-29(38)23-9-8-22(14-24(23)30(35)39)32(41)43-16-28(37)34-26-11-7-18(2)13-20(26)4/h6-14,21H,15-16H2,1-5H3,(H,33,36)(H,34,37)/t21-/m1/s1. The number of anilines is 2. The van der Waals surface area contributed by atoms with Crippen molar-refractivity contribution in [2.45, 2.75) is 40.7 Å². The molecule has 0 aliphatic carbocycles. The number of hydrogen-bond donors (Lipinski definition) is 2. The Morgan fingerprint density at radius 1 is 0.698 bits per heavy atom. The minimum atomic E-state index is -1.34.